The molecule has 2 aliphatic rings. The van der Waals surface area contributed by atoms with Gasteiger partial charge in [0.25, 0.3) is 5.69 Å². The van der Waals surface area contributed by atoms with Crippen LogP contribution in [0.2, 0.25) is 0 Å². The fourth-order valence-electron chi connectivity index (χ4n) is 8.62. The molecule has 0 saturated carbocycles. The number of likely N-dealkylation sites (tertiary alicyclic amines) is 1. The first-order valence-electron chi connectivity index (χ1n) is 15.7. The van der Waals surface area contributed by atoms with Gasteiger partial charge in [-0.15, -0.1) is 12.4 Å². The zero-order valence-corrected chi connectivity index (χ0v) is 27.6. The van der Waals surface area contributed by atoms with Crippen LogP contribution in [0.3, 0.4) is 0 Å². The summed E-state index contributed by atoms with van der Waals surface area (Å²) in [6.07, 6.45) is 1.37. The van der Waals surface area contributed by atoms with Crippen molar-refractivity contribution in [1.82, 2.24) is 10.2 Å². The van der Waals surface area contributed by atoms with Crippen molar-refractivity contribution >= 4 is 30.0 Å². The monoisotopic (exact) mass is 649 g/mol. The summed E-state index contributed by atoms with van der Waals surface area (Å²) in [4.78, 5) is 40.6. The van der Waals surface area contributed by atoms with Crippen LogP contribution >= 0.6 is 12.4 Å². The topological polar surface area (TPSA) is 133 Å². The molecule has 3 aromatic rings. The minimum absolute atomic E-state index is 0. The maximum absolute atomic E-state index is 13.9. The van der Waals surface area contributed by atoms with Gasteiger partial charge in [0.2, 0.25) is 0 Å². The van der Waals surface area contributed by atoms with Crippen LogP contribution in [0.25, 0.3) is 0 Å². The highest BCUT2D eigenvalue weighted by molar-refractivity contribution is 5.85. The van der Waals surface area contributed by atoms with Crippen LogP contribution in [0, 0.1) is 26.4 Å². The third-order valence-corrected chi connectivity index (χ3v) is 11.1. The number of nitrogens with one attached hydrogen (secondary N) is 1. The highest BCUT2D eigenvalue weighted by Crippen LogP contribution is 2.64. The Balaban J connectivity index is 0.00000480. The molecule has 2 heterocycles. The predicted molar refractivity (Wildman–Crippen MR) is 179 cm³/mol. The largest absolute Gasteiger partial charge is 0.481 e. The van der Waals surface area contributed by atoms with Crippen molar-refractivity contribution < 1.29 is 24.7 Å². The Kier molecular flexibility index (Phi) is 10.3. The first-order valence-corrected chi connectivity index (χ1v) is 15.7. The van der Waals surface area contributed by atoms with Crippen LogP contribution in [0.5, 0.6) is 0 Å². The number of benzene rings is 3. The maximum atomic E-state index is 13.9. The van der Waals surface area contributed by atoms with Gasteiger partial charge >= 0.3 is 11.9 Å². The Morgan fingerprint density at radius 2 is 1.52 bits per heavy atom. The maximum Gasteiger partial charge on any atom is 0.312 e. The Morgan fingerprint density at radius 1 is 0.935 bits per heavy atom. The van der Waals surface area contributed by atoms with Gasteiger partial charge in [-0.3, -0.25) is 19.7 Å². The van der Waals surface area contributed by atoms with E-state index in [9.17, 15) is 29.9 Å². The van der Waals surface area contributed by atoms with Crippen molar-refractivity contribution in [3.8, 4) is 0 Å². The Morgan fingerprint density at radius 3 is 2.04 bits per heavy atom. The lowest BCUT2D eigenvalue weighted by Gasteiger charge is -2.61. The number of hydrogen-bond donors (Lipinski definition) is 3. The standard InChI is InChI=1S/C36H43N3O6.ClH/c1-24-35(4,32(40)41)31(28-16-11-17-29(22-28)39(44)45)36(33(42)43,25(2)37-24)34(3)19-21-38(23-34)20-18-30(26-12-7-5-8-13-26)27-14-9-6-10-15-27;/h5-17,22,24-25,30-31,37H,18-21,23H2,1-4H3,(H,40,41)(H,42,43);1H/t24?,25-,31?,34+,35?,36?;/m0./s1. The summed E-state index contributed by atoms with van der Waals surface area (Å²) in [5, 5.41) is 37.2. The summed E-state index contributed by atoms with van der Waals surface area (Å²) >= 11 is 0. The van der Waals surface area contributed by atoms with E-state index in [1.165, 1.54) is 29.3 Å². The van der Waals surface area contributed by atoms with Gasteiger partial charge in [0.1, 0.15) is 0 Å². The first kappa shape index (κ1) is 35.1. The molecular weight excluding hydrogens is 606 g/mol. The minimum Gasteiger partial charge on any atom is -0.481 e. The van der Waals surface area contributed by atoms with Crippen LogP contribution < -0.4 is 5.32 Å². The Bertz CT molecular complexity index is 1520. The first-order chi connectivity index (χ1) is 21.4. The number of piperidine rings is 1. The van der Waals surface area contributed by atoms with E-state index in [2.05, 4.69) is 34.5 Å². The fraction of sp³-hybridized carbons (Fsp3) is 0.444. The highest BCUT2D eigenvalue weighted by atomic mass is 35.5. The van der Waals surface area contributed by atoms with Crippen LogP contribution in [0.4, 0.5) is 5.69 Å². The zero-order chi connectivity index (χ0) is 32.6. The normalized spacial score (nSPS) is 29.6. The zero-order valence-electron chi connectivity index (χ0n) is 26.8. The molecule has 3 aromatic carbocycles. The Hall–Kier alpha value is -3.79. The molecule has 0 amide bonds. The average molecular weight is 650 g/mol. The molecule has 246 valence electrons. The van der Waals surface area contributed by atoms with Gasteiger partial charge in [0, 0.05) is 42.6 Å². The van der Waals surface area contributed by atoms with Crippen LogP contribution in [-0.2, 0) is 9.59 Å². The summed E-state index contributed by atoms with van der Waals surface area (Å²) in [6.45, 7) is 8.99. The van der Waals surface area contributed by atoms with Crippen LogP contribution in [0.1, 0.15) is 69.1 Å². The number of carboxylic acids is 2. The molecule has 0 aliphatic carbocycles. The molecule has 6 atom stereocenters. The second-order valence-corrected chi connectivity index (χ2v) is 13.4. The predicted octanol–water partition coefficient (Wildman–Crippen LogP) is 6.58. The van der Waals surface area contributed by atoms with E-state index in [4.69, 9.17) is 0 Å². The van der Waals surface area contributed by atoms with Crippen molar-refractivity contribution in [2.24, 2.45) is 16.2 Å². The Labute approximate surface area is 276 Å². The van der Waals surface area contributed by atoms with Crippen LogP contribution in [-0.4, -0.2) is 63.7 Å². The number of aliphatic carboxylic acids is 2. The molecule has 0 radical (unpaired) electrons. The molecule has 0 aromatic heterocycles. The van der Waals surface area contributed by atoms with E-state index in [1.807, 2.05) is 50.2 Å². The third kappa shape index (κ3) is 5.80. The summed E-state index contributed by atoms with van der Waals surface area (Å²) in [6, 6.07) is 25.4. The second-order valence-electron chi connectivity index (χ2n) is 13.4. The number of halogens is 1. The summed E-state index contributed by atoms with van der Waals surface area (Å²) < 4.78 is 0. The molecule has 3 N–H and O–H groups in total. The molecular formula is C36H44ClN3O6. The second kappa shape index (κ2) is 13.5. The van der Waals surface area contributed by atoms with Gasteiger partial charge in [0.15, 0.2) is 0 Å². The van der Waals surface area contributed by atoms with Gasteiger partial charge in [0.05, 0.1) is 15.8 Å². The number of hydrogen-bond acceptors (Lipinski definition) is 6. The number of carbonyl (C=O) groups is 2. The van der Waals surface area contributed by atoms with Crippen molar-refractivity contribution in [3.63, 3.8) is 0 Å². The molecule has 2 saturated heterocycles. The number of nitrogens with zero attached hydrogens (tertiary/aromatic N) is 2. The van der Waals surface area contributed by atoms with E-state index in [0.29, 0.717) is 25.1 Å². The van der Waals surface area contributed by atoms with Gasteiger partial charge in [-0.25, -0.2) is 0 Å². The molecule has 9 nitrogen and oxygen atoms in total. The molecule has 0 bridgehead atoms. The van der Waals surface area contributed by atoms with Crippen LogP contribution in [0.15, 0.2) is 84.9 Å². The minimum atomic E-state index is -1.59. The van der Waals surface area contributed by atoms with Gasteiger partial charge in [-0.05, 0) is 68.8 Å². The lowest BCUT2D eigenvalue weighted by molar-refractivity contribution is -0.385. The van der Waals surface area contributed by atoms with Crippen molar-refractivity contribution in [2.45, 2.75) is 64.5 Å². The summed E-state index contributed by atoms with van der Waals surface area (Å²) in [7, 11) is 0. The fourth-order valence-corrected chi connectivity index (χ4v) is 8.62. The lowest BCUT2D eigenvalue weighted by Crippen LogP contribution is -2.73. The van der Waals surface area contributed by atoms with Crippen molar-refractivity contribution in [2.75, 3.05) is 19.6 Å². The quantitative estimate of drug-likeness (QED) is 0.166. The molecule has 0 spiro atoms. The number of nitro groups is 1. The van der Waals surface area contributed by atoms with Gasteiger partial charge in [-0.2, -0.15) is 0 Å². The summed E-state index contributed by atoms with van der Waals surface area (Å²) in [5.74, 6) is -3.10. The number of nitro benzene ring substituents is 1. The lowest BCUT2D eigenvalue weighted by atomic mass is 9.44. The molecule has 5 rings (SSSR count). The van der Waals surface area contributed by atoms with E-state index < -0.39 is 51.1 Å². The van der Waals surface area contributed by atoms with E-state index in [-0.39, 0.29) is 24.0 Å². The molecule has 2 aliphatic heterocycles. The highest BCUT2D eigenvalue weighted by Gasteiger charge is 2.71. The number of non-ortho nitro benzene ring substituents is 1. The SMILES string of the molecule is CC1N[C@@H](C)C(C(=O)O)([C@]2(C)CCN(CCC(c3ccccc3)c3ccccc3)C2)C(c2cccc([N+](=O)[O-])c2)C1(C)C(=O)O.Cl. The van der Waals surface area contributed by atoms with Crippen molar-refractivity contribution in [1.29, 1.82) is 0 Å². The molecule has 46 heavy (non-hydrogen) atoms. The van der Waals surface area contributed by atoms with E-state index in [0.717, 1.165) is 13.0 Å². The average Bonchev–Trinajstić information content (AvgIpc) is 3.41. The summed E-state index contributed by atoms with van der Waals surface area (Å²) in [5.41, 5.74) is -1.40. The smallest absolute Gasteiger partial charge is 0.312 e. The molecule has 4 unspecified atom stereocenters. The molecule has 2 fully saturated rings. The van der Waals surface area contributed by atoms with Gasteiger partial charge in [-0.1, -0.05) is 79.7 Å². The third-order valence-electron chi connectivity index (χ3n) is 11.1. The van der Waals surface area contributed by atoms with Gasteiger partial charge < -0.3 is 20.4 Å². The molecule has 10 heteroatoms. The van der Waals surface area contributed by atoms with E-state index in [1.54, 1.807) is 19.9 Å². The number of carboxylic acid groups (broad SMARTS) is 2. The van der Waals surface area contributed by atoms with E-state index >= 15 is 0 Å². The van der Waals surface area contributed by atoms with Crippen molar-refractivity contribution in [3.05, 3.63) is 112 Å². The number of rotatable bonds is 10.